The van der Waals surface area contributed by atoms with Gasteiger partial charge in [0.05, 0.1) is 17.4 Å². The summed E-state index contributed by atoms with van der Waals surface area (Å²) in [5, 5.41) is 0. The largest absolute Gasteiger partial charge is 3.00 e. The van der Waals surface area contributed by atoms with E-state index in [4.69, 9.17) is 18.9 Å². The molecule has 7 heteroatoms. The summed E-state index contributed by atoms with van der Waals surface area (Å²) in [6, 6.07) is 0. The maximum atomic E-state index is 8.35. The van der Waals surface area contributed by atoms with Crippen LogP contribution >= 0.6 is 17.4 Å². The van der Waals surface area contributed by atoms with Crippen molar-refractivity contribution in [1.29, 1.82) is 0 Å². The summed E-state index contributed by atoms with van der Waals surface area (Å²) in [5.41, 5.74) is 0. The van der Waals surface area contributed by atoms with E-state index in [2.05, 4.69) is 20.8 Å². The van der Waals surface area contributed by atoms with E-state index in [0.29, 0.717) is 5.92 Å². The molecule has 4 nitrogen and oxygen atoms in total. The van der Waals surface area contributed by atoms with Crippen LogP contribution in [-0.2, 0) is 9.13 Å². The summed E-state index contributed by atoms with van der Waals surface area (Å²) >= 11 is 0. The first-order valence-electron chi connectivity index (χ1n) is 4.37. The molecular weight excluding hydrogens is 366 g/mol. The van der Waals surface area contributed by atoms with Gasteiger partial charge in [-0.2, -0.15) is 5.92 Å². The van der Waals surface area contributed by atoms with Crippen LogP contribution in [0.15, 0.2) is 0 Å². The number of rotatable bonds is 4. The molecule has 1 unspecified atom stereocenters. The third-order valence-electron chi connectivity index (χ3n) is 1.54. The fraction of sp³-hybridized carbons (Fsp3) is 0.875. The third-order valence-corrected chi connectivity index (χ3v) is 1.54. The Labute approximate surface area is 128 Å². The average molecular weight is 383 g/mol. The molecule has 1 atom stereocenters. The van der Waals surface area contributed by atoms with Crippen molar-refractivity contribution in [3.8, 4) is 0 Å². The van der Waals surface area contributed by atoms with Gasteiger partial charge < -0.3 is 16.7 Å². The van der Waals surface area contributed by atoms with E-state index >= 15 is 0 Å². The molecule has 0 rings (SSSR count). The molecule has 0 bridgehead atoms. The molecule has 0 aromatic heterocycles. The van der Waals surface area contributed by atoms with Gasteiger partial charge in [0, 0.05) is 0 Å². The van der Waals surface area contributed by atoms with Gasteiger partial charge >= 0.3 is 40.8 Å². The van der Waals surface area contributed by atoms with Crippen molar-refractivity contribution in [3.63, 3.8) is 0 Å². The Morgan fingerprint density at radius 1 is 1.20 bits per heavy atom. The Hall–Kier alpha value is 1.47. The van der Waals surface area contributed by atoms with Gasteiger partial charge in [0.15, 0.2) is 0 Å². The molecular formula is C8H17NdO4P2. The predicted molar refractivity (Wildman–Crippen MR) is 53.9 cm³/mol. The summed E-state index contributed by atoms with van der Waals surface area (Å²) in [7, 11) is -2.17. The minimum Gasteiger partial charge on any atom is -0.772 e. The molecule has 0 fully saturated rings. The molecule has 0 spiro atoms. The van der Waals surface area contributed by atoms with Gasteiger partial charge in [-0.1, -0.05) is 39.5 Å². The quantitative estimate of drug-likeness (QED) is 0.550. The second-order valence-corrected chi connectivity index (χ2v) is 2.86. The van der Waals surface area contributed by atoms with Crippen LogP contribution in [0.1, 0.15) is 39.5 Å². The van der Waals surface area contributed by atoms with Crippen molar-refractivity contribution in [2.45, 2.75) is 39.5 Å². The van der Waals surface area contributed by atoms with Crippen LogP contribution in [0.2, 0.25) is 0 Å². The van der Waals surface area contributed by atoms with Crippen molar-refractivity contribution < 1.29 is 59.8 Å². The van der Waals surface area contributed by atoms with Gasteiger partial charge in [0.2, 0.25) is 0 Å². The zero-order valence-electron chi connectivity index (χ0n) is 9.14. The van der Waals surface area contributed by atoms with E-state index in [0.717, 1.165) is 0 Å². The van der Waals surface area contributed by atoms with Gasteiger partial charge in [-0.3, -0.25) is 9.13 Å². The van der Waals surface area contributed by atoms with Gasteiger partial charge in [0.25, 0.3) is 0 Å². The van der Waals surface area contributed by atoms with Crippen LogP contribution in [-0.4, -0.2) is 0 Å². The molecule has 15 heavy (non-hydrogen) atoms. The fourth-order valence-corrected chi connectivity index (χ4v) is 0.697. The zero-order chi connectivity index (χ0) is 11.8. The van der Waals surface area contributed by atoms with Crippen LogP contribution in [0.3, 0.4) is 0 Å². The third kappa shape index (κ3) is 50.3. The summed E-state index contributed by atoms with van der Waals surface area (Å²) < 4.78 is 16.7. The van der Waals surface area contributed by atoms with Crippen LogP contribution in [0.5, 0.6) is 0 Å². The SMILES string of the molecule is O=P[O-].O=P[O-].[CH2-]C(CC)CCCC.[Nd+3]. The van der Waals surface area contributed by atoms with E-state index in [1.165, 1.54) is 25.7 Å². The molecule has 0 aromatic carbocycles. The predicted octanol–water partition coefficient (Wildman–Crippen LogP) is 2.14. The summed E-state index contributed by atoms with van der Waals surface area (Å²) in [5.74, 6) is 0.704. The summed E-state index contributed by atoms with van der Waals surface area (Å²) in [6.45, 7) is 8.42. The van der Waals surface area contributed by atoms with Crippen molar-refractivity contribution in [2.24, 2.45) is 5.92 Å². The molecule has 0 aliphatic rings. The minimum atomic E-state index is -1.08. The standard InChI is InChI=1S/C8H17.Nd.2HO2P/c1-4-6-7-8(3)5-2;;2*1-3-2/h8H,3-7H2,1-2H3;;2*(H,1,2)/q-1;+3;;/p-2. The van der Waals surface area contributed by atoms with E-state index in [-0.39, 0.29) is 40.8 Å². The van der Waals surface area contributed by atoms with Crippen LogP contribution in [0, 0.1) is 53.7 Å². The Kier molecular flexibility index (Phi) is 49.9. The van der Waals surface area contributed by atoms with E-state index in [1.54, 1.807) is 0 Å². The Bertz CT molecular complexity index is 111. The maximum Gasteiger partial charge on any atom is 3.00 e. The fourth-order valence-electron chi connectivity index (χ4n) is 0.697. The van der Waals surface area contributed by atoms with Gasteiger partial charge in [-0.15, -0.1) is 0 Å². The Morgan fingerprint density at radius 3 is 1.73 bits per heavy atom. The van der Waals surface area contributed by atoms with Gasteiger partial charge in [-0.25, -0.2) is 0 Å². The first-order valence-corrected chi connectivity index (χ1v) is 5.83. The monoisotopic (exact) mass is 381 g/mol. The van der Waals surface area contributed by atoms with Crippen molar-refractivity contribution >= 4 is 17.4 Å². The average Bonchev–Trinajstić information content (AvgIpc) is 2.16. The van der Waals surface area contributed by atoms with Crippen LogP contribution < -0.4 is 9.79 Å². The number of unbranched alkanes of at least 4 members (excludes halogenated alkanes) is 1. The molecule has 0 heterocycles. The molecule has 0 aromatic rings. The van der Waals surface area contributed by atoms with Crippen molar-refractivity contribution in [2.75, 3.05) is 0 Å². The molecule has 0 N–H and O–H groups in total. The summed E-state index contributed by atoms with van der Waals surface area (Å²) in [4.78, 5) is 16.7. The van der Waals surface area contributed by atoms with Crippen LogP contribution in [0.25, 0.3) is 0 Å². The van der Waals surface area contributed by atoms with E-state index in [1.807, 2.05) is 0 Å². The zero-order valence-corrected chi connectivity index (χ0v) is 14.1. The molecule has 0 aliphatic heterocycles. The second-order valence-electron chi connectivity index (χ2n) is 2.57. The number of hydrogen-bond acceptors (Lipinski definition) is 4. The van der Waals surface area contributed by atoms with Crippen molar-refractivity contribution in [3.05, 3.63) is 6.92 Å². The molecule has 0 aliphatic carbocycles. The first kappa shape index (κ1) is 25.3. The summed E-state index contributed by atoms with van der Waals surface area (Å²) in [6.07, 6.45) is 5.21. The molecule has 1 radical (unpaired) electrons. The minimum absolute atomic E-state index is 0. The first-order chi connectivity index (χ1) is 6.64. The molecule has 0 saturated carbocycles. The van der Waals surface area contributed by atoms with Crippen LogP contribution in [0.4, 0.5) is 0 Å². The van der Waals surface area contributed by atoms with Gasteiger partial charge in [0.1, 0.15) is 0 Å². The van der Waals surface area contributed by atoms with Crippen molar-refractivity contribution in [1.82, 2.24) is 0 Å². The van der Waals surface area contributed by atoms with E-state index in [9.17, 15) is 0 Å². The topological polar surface area (TPSA) is 80.3 Å². The normalized spacial score (nSPS) is 10.2. The van der Waals surface area contributed by atoms with Gasteiger partial charge in [-0.05, 0) is 0 Å². The maximum absolute atomic E-state index is 8.35. The second kappa shape index (κ2) is 29.5. The molecule has 0 amide bonds. The van der Waals surface area contributed by atoms with E-state index < -0.39 is 17.4 Å². The molecule has 87 valence electrons. The Balaban J connectivity index is -0.0000000733. The Morgan fingerprint density at radius 2 is 1.53 bits per heavy atom. The molecule has 0 saturated heterocycles. The number of hydrogen-bond donors (Lipinski definition) is 0. The smallest absolute Gasteiger partial charge is 0.772 e.